The van der Waals surface area contributed by atoms with Gasteiger partial charge in [-0.15, -0.1) is 0 Å². The minimum atomic E-state index is 0.693. The van der Waals surface area contributed by atoms with Gasteiger partial charge in [0.05, 0.1) is 18.1 Å². The lowest BCUT2D eigenvalue weighted by Crippen LogP contribution is -2.12. The second-order valence-corrected chi connectivity index (χ2v) is 9.48. The molecule has 0 atom stereocenters. The molecule has 5 aromatic heterocycles. The lowest BCUT2D eigenvalue weighted by molar-refractivity contribution is 0.997. The first-order chi connectivity index (χ1) is 14.4. The van der Waals surface area contributed by atoms with Crippen molar-refractivity contribution in [3.05, 3.63) is 74.1 Å². The number of hydrogen-bond donors (Lipinski definition) is 0. The fourth-order valence-electron chi connectivity index (χ4n) is 2.78. The van der Waals surface area contributed by atoms with Crippen LogP contribution in [-0.2, 0) is 0 Å². The summed E-state index contributed by atoms with van der Waals surface area (Å²) in [6.45, 7) is 0. The monoisotopic (exact) mass is 639 g/mol. The number of anilines is 1. The van der Waals surface area contributed by atoms with Gasteiger partial charge in [0.1, 0.15) is 15.0 Å². The molecule has 10 heteroatoms. The van der Waals surface area contributed by atoms with Crippen molar-refractivity contribution in [2.75, 3.05) is 19.0 Å². The first-order valence-electron chi connectivity index (χ1n) is 8.83. The smallest absolute Gasteiger partial charge is 0.224 e. The molecule has 0 radical (unpaired) electrons. The van der Waals surface area contributed by atoms with Gasteiger partial charge in [-0.3, -0.25) is 8.80 Å². The minimum absolute atomic E-state index is 0.693. The van der Waals surface area contributed by atoms with Crippen LogP contribution in [0.1, 0.15) is 0 Å². The minimum Gasteiger partial charge on any atom is -0.347 e. The van der Waals surface area contributed by atoms with E-state index in [-0.39, 0.29) is 0 Å². The van der Waals surface area contributed by atoms with E-state index in [1.165, 1.54) is 0 Å². The van der Waals surface area contributed by atoms with Crippen molar-refractivity contribution in [1.82, 2.24) is 28.7 Å². The zero-order chi connectivity index (χ0) is 21.3. The van der Waals surface area contributed by atoms with E-state index in [1.54, 1.807) is 0 Å². The van der Waals surface area contributed by atoms with Crippen molar-refractivity contribution in [1.29, 1.82) is 0 Å². The highest BCUT2D eigenvalue weighted by atomic mass is 127. The van der Waals surface area contributed by atoms with Crippen molar-refractivity contribution >= 4 is 71.7 Å². The van der Waals surface area contributed by atoms with E-state index in [2.05, 4.69) is 74.4 Å². The molecule has 5 rings (SSSR count). The van der Waals surface area contributed by atoms with Gasteiger partial charge in [0, 0.05) is 53.4 Å². The fourth-order valence-corrected chi connectivity index (χ4v) is 3.98. The molecular formula is C20H16Br2IN7. The largest absolute Gasteiger partial charge is 0.347 e. The normalized spacial score (nSPS) is 10.8. The van der Waals surface area contributed by atoms with Crippen LogP contribution in [0.3, 0.4) is 0 Å². The molecule has 0 aliphatic rings. The van der Waals surface area contributed by atoms with Gasteiger partial charge in [0.25, 0.3) is 0 Å². The molecule has 0 bridgehead atoms. The molecule has 0 N–H and O–H groups in total. The predicted octanol–water partition coefficient (Wildman–Crippen LogP) is 5.32. The number of pyridine rings is 2. The third kappa shape index (κ3) is 4.49. The Labute approximate surface area is 203 Å². The lowest BCUT2D eigenvalue weighted by atomic mass is 10.2. The van der Waals surface area contributed by atoms with Gasteiger partial charge < -0.3 is 4.90 Å². The van der Waals surface area contributed by atoms with Crippen LogP contribution < -0.4 is 4.90 Å². The number of aromatic nitrogens is 6. The average molecular weight is 641 g/mol. The number of nitrogens with zero attached hydrogens (tertiary/aromatic N) is 7. The Kier molecular flexibility index (Phi) is 6.34. The summed E-state index contributed by atoms with van der Waals surface area (Å²) in [6, 6.07) is 7.89. The standard InChI is InChI=1S/C13H12BrN5.C7H4BrIN2/c1-18(2)13-16-5-9(6-17-13)11-7-15-12-4-3-10(14)8-19(11)12;8-5-1-2-7-10-3-6(9)11(7)4-5/h3-8H,1-2H3;1-4H. The Balaban J connectivity index is 0.000000168. The van der Waals surface area contributed by atoms with Crippen LogP contribution in [0.25, 0.3) is 22.6 Å². The highest BCUT2D eigenvalue weighted by Crippen LogP contribution is 2.22. The average Bonchev–Trinajstić information content (AvgIpc) is 3.32. The van der Waals surface area contributed by atoms with Gasteiger partial charge in [-0.1, -0.05) is 0 Å². The summed E-state index contributed by atoms with van der Waals surface area (Å²) >= 11 is 9.12. The number of imidazole rings is 2. The van der Waals surface area contributed by atoms with E-state index in [4.69, 9.17) is 0 Å². The van der Waals surface area contributed by atoms with Crippen molar-refractivity contribution in [2.24, 2.45) is 0 Å². The van der Waals surface area contributed by atoms with Crippen molar-refractivity contribution < 1.29 is 0 Å². The summed E-state index contributed by atoms with van der Waals surface area (Å²) in [5.74, 6) is 0.693. The van der Waals surface area contributed by atoms with Gasteiger partial charge in [-0.25, -0.2) is 19.9 Å². The van der Waals surface area contributed by atoms with Crippen LogP contribution in [0.2, 0.25) is 0 Å². The maximum absolute atomic E-state index is 4.37. The Hall–Kier alpha value is -2.05. The van der Waals surface area contributed by atoms with E-state index in [1.807, 2.05) is 89.2 Å². The number of rotatable bonds is 2. The Morgan fingerprint density at radius 1 is 0.767 bits per heavy atom. The molecular weight excluding hydrogens is 625 g/mol. The van der Waals surface area contributed by atoms with Crippen molar-refractivity contribution in [3.63, 3.8) is 0 Å². The molecule has 0 aliphatic heterocycles. The number of fused-ring (bicyclic) bond motifs is 2. The molecule has 0 fully saturated rings. The summed E-state index contributed by atoms with van der Waals surface area (Å²) in [4.78, 5) is 19.1. The Bertz CT molecular complexity index is 1310. The SMILES string of the molecule is Brc1ccc2ncc(I)n2c1.CN(C)c1ncc(-c2cnc3ccc(Br)cn23)cn1. The zero-order valence-electron chi connectivity index (χ0n) is 16.0. The molecule has 152 valence electrons. The van der Waals surface area contributed by atoms with Gasteiger partial charge in [-0.05, 0) is 78.7 Å². The molecule has 5 heterocycles. The Morgan fingerprint density at radius 2 is 1.33 bits per heavy atom. The number of hydrogen-bond acceptors (Lipinski definition) is 5. The molecule has 0 unspecified atom stereocenters. The van der Waals surface area contributed by atoms with Crippen molar-refractivity contribution in [3.8, 4) is 11.3 Å². The lowest BCUT2D eigenvalue weighted by Gasteiger charge is -2.09. The quantitative estimate of drug-likeness (QED) is 0.245. The van der Waals surface area contributed by atoms with Crippen LogP contribution in [-0.4, -0.2) is 42.8 Å². The van der Waals surface area contributed by atoms with Crippen molar-refractivity contribution in [2.45, 2.75) is 0 Å². The zero-order valence-corrected chi connectivity index (χ0v) is 21.4. The summed E-state index contributed by atoms with van der Waals surface area (Å²) < 4.78 is 7.24. The van der Waals surface area contributed by atoms with Crippen LogP contribution in [0.5, 0.6) is 0 Å². The summed E-state index contributed by atoms with van der Waals surface area (Å²) in [7, 11) is 3.83. The van der Waals surface area contributed by atoms with Crippen LogP contribution >= 0.6 is 54.5 Å². The fraction of sp³-hybridized carbons (Fsp3) is 0.100. The predicted molar refractivity (Wildman–Crippen MR) is 134 cm³/mol. The molecule has 30 heavy (non-hydrogen) atoms. The highest BCUT2D eigenvalue weighted by molar-refractivity contribution is 14.1. The second kappa shape index (κ2) is 8.98. The molecule has 5 aromatic rings. The highest BCUT2D eigenvalue weighted by Gasteiger charge is 2.08. The molecule has 0 amide bonds. The van der Waals surface area contributed by atoms with Crippen LogP contribution in [0, 0.1) is 3.70 Å². The molecule has 0 saturated heterocycles. The molecule has 0 aromatic carbocycles. The summed E-state index contributed by atoms with van der Waals surface area (Å²) in [5.41, 5.74) is 3.80. The van der Waals surface area contributed by atoms with Gasteiger partial charge in [-0.2, -0.15) is 0 Å². The van der Waals surface area contributed by atoms with E-state index in [0.29, 0.717) is 5.95 Å². The topological polar surface area (TPSA) is 63.6 Å². The molecule has 0 spiro atoms. The van der Waals surface area contributed by atoms with Crippen LogP contribution in [0.4, 0.5) is 5.95 Å². The van der Waals surface area contributed by atoms with E-state index < -0.39 is 0 Å². The maximum atomic E-state index is 4.37. The van der Waals surface area contributed by atoms with Gasteiger partial charge >= 0.3 is 0 Å². The first kappa shape index (κ1) is 21.2. The van der Waals surface area contributed by atoms with Crippen LogP contribution in [0.15, 0.2) is 70.4 Å². The summed E-state index contributed by atoms with van der Waals surface area (Å²) in [6.07, 6.45) is 11.3. The third-order valence-electron chi connectivity index (χ3n) is 4.23. The first-order valence-corrected chi connectivity index (χ1v) is 11.5. The second-order valence-electron chi connectivity index (χ2n) is 6.54. The van der Waals surface area contributed by atoms with Gasteiger partial charge in [0.2, 0.25) is 5.95 Å². The van der Waals surface area contributed by atoms with E-state index in [0.717, 1.165) is 35.2 Å². The number of halogens is 3. The Morgan fingerprint density at radius 3 is 1.97 bits per heavy atom. The van der Waals surface area contributed by atoms with E-state index in [9.17, 15) is 0 Å². The summed E-state index contributed by atoms with van der Waals surface area (Å²) in [5, 5.41) is 0. The van der Waals surface area contributed by atoms with E-state index >= 15 is 0 Å². The third-order valence-corrected chi connectivity index (χ3v) is 5.96. The maximum Gasteiger partial charge on any atom is 0.224 e. The molecule has 7 nitrogen and oxygen atoms in total. The molecule has 0 aliphatic carbocycles. The van der Waals surface area contributed by atoms with Gasteiger partial charge in [0.15, 0.2) is 0 Å². The molecule has 0 saturated carbocycles.